The summed E-state index contributed by atoms with van der Waals surface area (Å²) in [5.41, 5.74) is 0.628. The molecule has 5 nitrogen and oxygen atoms in total. The van der Waals surface area contributed by atoms with Crippen molar-refractivity contribution in [1.29, 1.82) is 5.26 Å². The van der Waals surface area contributed by atoms with Crippen LogP contribution >= 0.6 is 0 Å². The summed E-state index contributed by atoms with van der Waals surface area (Å²) < 4.78 is 10.3. The summed E-state index contributed by atoms with van der Waals surface area (Å²) >= 11 is 0. The van der Waals surface area contributed by atoms with E-state index in [2.05, 4.69) is 5.32 Å². The Labute approximate surface area is 110 Å². The van der Waals surface area contributed by atoms with E-state index in [1.54, 1.807) is 43.3 Å². The van der Waals surface area contributed by atoms with Gasteiger partial charge in [-0.15, -0.1) is 0 Å². The number of anilines is 1. The predicted molar refractivity (Wildman–Crippen MR) is 68.9 cm³/mol. The van der Waals surface area contributed by atoms with Gasteiger partial charge in [-0.2, -0.15) is 5.26 Å². The number of ether oxygens (including phenoxy) is 1. The first-order chi connectivity index (χ1) is 9.19. The maximum atomic E-state index is 11.8. The van der Waals surface area contributed by atoms with Gasteiger partial charge in [0.05, 0.1) is 0 Å². The number of nitrogens with zero attached hydrogens (tertiary/aromatic N) is 1. The molecule has 0 spiro atoms. The van der Waals surface area contributed by atoms with Crippen LogP contribution in [0.15, 0.2) is 40.8 Å². The van der Waals surface area contributed by atoms with Crippen LogP contribution in [-0.4, -0.2) is 12.5 Å². The Morgan fingerprint density at radius 3 is 2.63 bits per heavy atom. The first-order valence-electron chi connectivity index (χ1n) is 5.66. The first kappa shape index (κ1) is 12.7. The zero-order valence-corrected chi connectivity index (χ0v) is 10.3. The van der Waals surface area contributed by atoms with Gasteiger partial charge in [-0.25, -0.2) is 0 Å². The molecule has 1 aromatic heterocycles. The molecule has 5 heteroatoms. The average Bonchev–Trinajstić information content (AvgIpc) is 2.85. The molecule has 0 saturated carbocycles. The monoisotopic (exact) mass is 256 g/mol. The molecule has 1 amide bonds. The van der Waals surface area contributed by atoms with Crippen molar-refractivity contribution in [2.45, 2.75) is 6.92 Å². The Balaban J connectivity index is 2.00. The lowest BCUT2D eigenvalue weighted by Gasteiger charge is -2.05. The number of amides is 1. The Morgan fingerprint density at radius 1 is 1.32 bits per heavy atom. The highest BCUT2D eigenvalue weighted by Crippen LogP contribution is 2.17. The van der Waals surface area contributed by atoms with Crippen LogP contribution < -0.4 is 10.1 Å². The van der Waals surface area contributed by atoms with E-state index in [1.807, 2.05) is 6.07 Å². The molecule has 1 aromatic carbocycles. The highest BCUT2D eigenvalue weighted by atomic mass is 16.5. The lowest BCUT2D eigenvalue weighted by Crippen LogP contribution is -2.10. The van der Waals surface area contributed by atoms with Crippen LogP contribution in [0.25, 0.3) is 0 Å². The fourth-order valence-corrected chi connectivity index (χ4v) is 1.50. The van der Waals surface area contributed by atoms with Crippen molar-refractivity contribution in [3.05, 3.63) is 47.9 Å². The average molecular weight is 256 g/mol. The number of nitriles is 1. The second-order valence-electron chi connectivity index (χ2n) is 3.84. The van der Waals surface area contributed by atoms with Crippen molar-refractivity contribution in [2.24, 2.45) is 0 Å². The minimum Gasteiger partial charge on any atom is -0.479 e. The van der Waals surface area contributed by atoms with Gasteiger partial charge < -0.3 is 14.5 Å². The number of carbonyl (C=O) groups is 1. The van der Waals surface area contributed by atoms with Gasteiger partial charge in [-0.3, -0.25) is 4.79 Å². The molecule has 1 N–H and O–H groups in total. The van der Waals surface area contributed by atoms with Gasteiger partial charge in [0.25, 0.3) is 5.91 Å². The molecule has 0 fully saturated rings. The fraction of sp³-hybridized carbons (Fsp3) is 0.143. The van der Waals surface area contributed by atoms with E-state index in [4.69, 9.17) is 14.4 Å². The maximum absolute atomic E-state index is 11.8. The normalized spacial score (nSPS) is 9.68. The van der Waals surface area contributed by atoms with Crippen LogP contribution in [-0.2, 0) is 0 Å². The number of furan rings is 1. The Morgan fingerprint density at radius 2 is 2.05 bits per heavy atom. The quantitative estimate of drug-likeness (QED) is 0.912. The summed E-state index contributed by atoms with van der Waals surface area (Å²) in [5, 5.41) is 11.1. The van der Waals surface area contributed by atoms with Gasteiger partial charge in [0.2, 0.25) is 0 Å². The second kappa shape index (κ2) is 5.74. The SMILES string of the molecule is Cc1ccc(C(=O)Nc2ccc(OCC#N)cc2)o1. The van der Waals surface area contributed by atoms with Gasteiger partial charge in [-0.05, 0) is 43.3 Å². The van der Waals surface area contributed by atoms with E-state index in [0.29, 0.717) is 17.2 Å². The third-order valence-corrected chi connectivity index (χ3v) is 2.38. The number of rotatable bonds is 4. The summed E-state index contributed by atoms with van der Waals surface area (Å²) in [6, 6.07) is 12.0. The molecule has 0 saturated heterocycles. The van der Waals surface area contributed by atoms with Gasteiger partial charge in [0.15, 0.2) is 12.4 Å². The molecule has 2 rings (SSSR count). The Kier molecular flexibility index (Phi) is 3.84. The summed E-state index contributed by atoms with van der Waals surface area (Å²) in [6.07, 6.45) is 0. The summed E-state index contributed by atoms with van der Waals surface area (Å²) in [5.74, 6) is 1.22. The minimum absolute atomic E-state index is 0.00260. The zero-order valence-electron chi connectivity index (χ0n) is 10.3. The lowest BCUT2D eigenvalue weighted by molar-refractivity contribution is 0.0995. The molecule has 0 aliphatic carbocycles. The number of aryl methyl sites for hydroxylation is 1. The number of hydrogen-bond acceptors (Lipinski definition) is 4. The first-order valence-corrected chi connectivity index (χ1v) is 5.66. The Hall–Kier alpha value is -2.74. The highest BCUT2D eigenvalue weighted by molar-refractivity contribution is 6.02. The van der Waals surface area contributed by atoms with Crippen molar-refractivity contribution in [3.63, 3.8) is 0 Å². The molecule has 0 radical (unpaired) electrons. The number of carbonyl (C=O) groups excluding carboxylic acids is 1. The molecule has 0 atom stereocenters. The van der Waals surface area contributed by atoms with Crippen molar-refractivity contribution in [2.75, 3.05) is 11.9 Å². The molecular weight excluding hydrogens is 244 g/mol. The summed E-state index contributed by atoms with van der Waals surface area (Å²) in [7, 11) is 0. The van der Waals surface area contributed by atoms with Gasteiger partial charge in [0.1, 0.15) is 17.6 Å². The minimum atomic E-state index is -0.307. The van der Waals surface area contributed by atoms with Gasteiger partial charge >= 0.3 is 0 Å². The topological polar surface area (TPSA) is 75.3 Å². The number of benzene rings is 1. The van der Waals surface area contributed by atoms with Crippen molar-refractivity contribution in [3.8, 4) is 11.8 Å². The molecule has 2 aromatic rings. The summed E-state index contributed by atoms with van der Waals surface area (Å²) in [6.45, 7) is 1.77. The predicted octanol–water partition coefficient (Wildman–Crippen LogP) is 2.74. The van der Waals surface area contributed by atoms with E-state index >= 15 is 0 Å². The van der Waals surface area contributed by atoms with Crippen LogP contribution in [0.4, 0.5) is 5.69 Å². The van der Waals surface area contributed by atoms with E-state index in [-0.39, 0.29) is 18.3 Å². The largest absolute Gasteiger partial charge is 0.479 e. The van der Waals surface area contributed by atoms with Gasteiger partial charge in [-0.1, -0.05) is 0 Å². The van der Waals surface area contributed by atoms with Crippen LogP contribution in [0.3, 0.4) is 0 Å². The van der Waals surface area contributed by atoms with Crippen LogP contribution in [0.5, 0.6) is 5.75 Å². The molecule has 19 heavy (non-hydrogen) atoms. The molecule has 0 aliphatic rings. The second-order valence-corrected chi connectivity index (χ2v) is 3.84. The van der Waals surface area contributed by atoms with Crippen molar-refractivity contribution >= 4 is 11.6 Å². The van der Waals surface area contributed by atoms with E-state index < -0.39 is 0 Å². The molecule has 0 unspecified atom stereocenters. The molecule has 96 valence electrons. The zero-order chi connectivity index (χ0) is 13.7. The molecular formula is C14H12N2O3. The third kappa shape index (κ3) is 3.36. The van der Waals surface area contributed by atoms with Crippen LogP contribution in [0.1, 0.15) is 16.3 Å². The van der Waals surface area contributed by atoms with Crippen molar-refractivity contribution < 1.29 is 13.9 Å². The van der Waals surface area contributed by atoms with E-state index in [0.717, 1.165) is 0 Å². The fourth-order valence-electron chi connectivity index (χ4n) is 1.50. The standard InChI is InChI=1S/C14H12N2O3/c1-10-2-7-13(19-10)14(17)16-11-3-5-12(6-4-11)18-9-8-15/h2-7H,9H2,1H3,(H,16,17). The highest BCUT2D eigenvalue weighted by Gasteiger charge is 2.09. The number of hydrogen-bond donors (Lipinski definition) is 1. The van der Waals surface area contributed by atoms with Gasteiger partial charge in [0, 0.05) is 5.69 Å². The lowest BCUT2D eigenvalue weighted by atomic mass is 10.3. The van der Waals surface area contributed by atoms with E-state index in [1.165, 1.54) is 0 Å². The number of nitrogens with one attached hydrogen (secondary N) is 1. The van der Waals surface area contributed by atoms with Crippen molar-refractivity contribution in [1.82, 2.24) is 0 Å². The molecule has 0 bridgehead atoms. The van der Waals surface area contributed by atoms with E-state index in [9.17, 15) is 4.79 Å². The van der Waals surface area contributed by atoms with Crippen LogP contribution in [0.2, 0.25) is 0 Å². The Bertz CT molecular complexity index is 608. The maximum Gasteiger partial charge on any atom is 0.291 e. The third-order valence-electron chi connectivity index (χ3n) is 2.38. The smallest absolute Gasteiger partial charge is 0.291 e. The summed E-state index contributed by atoms with van der Waals surface area (Å²) in [4.78, 5) is 11.8. The van der Waals surface area contributed by atoms with Crippen LogP contribution in [0, 0.1) is 18.3 Å². The molecule has 1 heterocycles. The molecule has 0 aliphatic heterocycles.